The molecule has 0 radical (unpaired) electrons. The molecule has 7 heteroatoms. The van der Waals surface area contributed by atoms with Gasteiger partial charge in [0, 0.05) is 5.56 Å². The maximum atomic E-state index is 13.6. The van der Waals surface area contributed by atoms with Gasteiger partial charge in [-0.1, -0.05) is 84.6 Å². The van der Waals surface area contributed by atoms with Crippen LogP contribution in [0.15, 0.2) is 83.8 Å². The van der Waals surface area contributed by atoms with Crippen molar-refractivity contribution in [3.05, 3.63) is 94.9 Å². The monoisotopic (exact) mass is 458 g/mol. The van der Waals surface area contributed by atoms with Gasteiger partial charge in [-0.25, -0.2) is 0 Å². The molecule has 5 rings (SSSR count). The van der Waals surface area contributed by atoms with E-state index in [0.29, 0.717) is 32.8 Å². The first-order valence-corrected chi connectivity index (χ1v) is 11.2. The van der Waals surface area contributed by atoms with Crippen LogP contribution < -0.4 is 14.5 Å². The second-order valence-electron chi connectivity index (χ2n) is 7.28. The van der Waals surface area contributed by atoms with Crippen molar-refractivity contribution in [1.82, 2.24) is 0 Å². The second kappa shape index (κ2) is 8.26. The van der Waals surface area contributed by atoms with Gasteiger partial charge in [0.15, 0.2) is 4.32 Å². The predicted octanol–water partition coefficient (Wildman–Crippen LogP) is 5.02. The Bertz CT molecular complexity index is 1290. The van der Waals surface area contributed by atoms with Crippen LogP contribution in [0.1, 0.15) is 11.1 Å². The Hall–Kier alpha value is -3.42. The Morgan fingerprint density at radius 1 is 0.844 bits per heavy atom. The van der Waals surface area contributed by atoms with Gasteiger partial charge in [0.1, 0.15) is 5.75 Å². The van der Waals surface area contributed by atoms with Crippen molar-refractivity contribution >= 4 is 57.1 Å². The molecule has 0 aliphatic carbocycles. The number of hydrogen-bond donors (Lipinski definition) is 0. The Kier molecular flexibility index (Phi) is 5.28. The quantitative estimate of drug-likeness (QED) is 0.406. The van der Waals surface area contributed by atoms with Gasteiger partial charge in [-0.3, -0.25) is 14.5 Å². The summed E-state index contributed by atoms with van der Waals surface area (Å²) >= 11 is 6.70. The summed E-state index contributed by atoms with van der Waals surface area (Å²) in [5.74, 6) is 0.0266. The van der Waals surface area contributed by atoms with Gasteiger partial charge in [0.05, 0.1) is 35.5 Å². The minimum absolute atomic E-state index is 0.199. The van der Waals surface area contributed by atoms with E-state index in [2.05, 4.69) is 0 Å². The molecule has 0 spiro atoms. The molecular formula is C25H18N2O3S2. The Labute approximate surface area is 195 Å². The zero-order valence-electron chi connectivity index (χ0n) is 17.1. The number of carbonyl (C=O) groups excluding carboxylic acids is 2. The summed E-state index contributed by atoms with van der Waals surface area (Å²) in [6.45, 7) is 0.424. The Morgan fingerprint density at radius 2 is 1.50 bits per heavy atom. The lowest BCUT2D eigenvalue weighted by Gasteiger charge is -2.18. The Morgan fingerprint density at radius 3 is 2.25 bits per heavy atom. The molecule has 2 aliphatic heterocycles. The fourth-order valence-electron chi connectivity index (χ4n) is 3.96. The first-order valence-electron chi connectivity index (χ1n) is 9.99. The molecule has 158 valence electrons. The average Bonchev–Trinajstić information content (AvgIpc) is 3.26. The number of methoxy groups -OCH3 is 1. The fraction of sp³-hybridized carbons (Fsp3) is 0.0800. The lowest BCUT2D eigenvalue weighted by molar-refractivity contribution is -0.115. The fourth-order valence-corrected chi connectivity index (χ4v) is 5.32. The third-order valence-electron chi connectivity index (χ3n) is 5.43. The molecule has 2 amide bonds. The summed E-state index contributed by atoms with van der Waals surface area (Å²) in [7, 11) is 1.55. The lowest BCUT2D eigenvalue weighted by atomic mass is 10.1. The van der Waals surface area contributed by atoms with E-state index in [9.17, 15) is 9.59 Å². The van der Waals surface area contributed by atoms with Crippen molar-refractivity contribution in [2.45, 2.75) is 6.54 Å². The van der Waals surface area contributed by atoms with Crippen LogP contribution in [0.25, 0.3) is 5.57 Å². The highest BCUT2D eigenvalue weighted by Crippen LogP contribution is 2.47. The summed E-state index contributed by atoms with van der Waals surface area (Å²) in [6.07, 6.45) is 0. The number of thiocarbonyl (C=S) groups is 1. The number of para-hydroxylation sites is 3. The van der Waals surface area contributed by atoms with Gasteiger partial charge in [-0.15, -0.1) is 0 Å². The van der Waals surface area contributed by atoms with E-state index < -0.39 is 0 Å². The highest BCUT2D eigenvalue weighted by Gasteiger charge is 2.43. The van der Waals surface area contributed by atoms with Crippen LogP contribution >= 0.6 is 24.0 Å². The molecule has 32 heavy (non-hydrogen) atoms. The molecule has 0 N–H and O–H groups in total. The molecule has 0 bridgehead atoms. The number of amides is 2. The van der Waals surface area contributed by atoms with Crippen molar-refractivity contribution in [2.75, 3.05) is 16.9 Å². The number of carbonyl (C=O) groups is 2. The summed E-state index contributed by atoms with van der Waals surface area (Å²) in [6, 6.07) is 24.6. The molecular weight excluding hydrogens is 440 g/mol. The first-order chi connectivity index (χ1) is 15.6. The van der Waals surface area contributed by atoms with E-state index in [1.807, 2.05) is 66.7 Å². The van der Waals surface area contributed by atoms with Crippen LogP contribution in [0.3, 0.4) is 0 Å². The van der Waals surface area contributed by atoms with Crippen LogP contribution in [0.4, 0.5) is 11.4 Å². The predicted molar refractivity (Wildman–Crippen MR) is 132 cm³/mol. The highest BCUT2D eigenvalue weighted by molar-refractivity contribution is 8.27. The van der Waals surface area contributed by atoms with Crippen molar-refractivity contribution in [3.8, 4) is 5.75 Å². The third-order valence-corrected chi connectivity index (χ3v) is 6.80. The number of ether oxygens (including phenoxy) is 1. The third kappa shape index (κ3) is 3.30. The minimum Gasteiger partial charge on any atom is -0.495 e. The molecule has 1 fully saturated rings. The van der Waals surface area contributed by atoms with Crippen LogP contribution in [0.5, 0.6) is 5.75 Å². The maximum Gasteiger partial charge on any atom is 0.271 e. The van der Waals surface area contributed by atoms with Gasteiger partial charge < -0.3 is 9.64 Å². The molecule has 0 atom stereocenters. The van der Waals surface area contributed by atoms with E-state index in [1.54, 1.807) is 24.1 Å². The minimum atomic E-state index is -0.316. The molecule has 5 nitrogen and oxygen atoms in total. The summed E-state index contributed by atoms with van der Waals surface area (Å²) in [5.41, 5.74) is 3.51. The van der Waals surface area contributed by atoms with Crippen LogP contribution in [-0.2, 0) is 16.1 Å². The SMILES string of the molecule is COc1ccccc1N1C(=O)C(=C2C(=O)N(Cc3ccccc3)c3ccccc32)SC1=S. The zero-order valence-corrected chi connectivity index (χ0v) is 18.8. The molecule has 3 aromatic carbocycles. The van der Waals surface area contributed by atoms with E-state index in [0.717, 1.165) is 28.6 Å². The van der Waals surface area contributed by atoms with E-state index >= 15 is 0 Å². The maximum absolute atomic E-state index is 13.6. The van der Waals surface area contributed by atoms with Crippen molar-refractivity contribution in [3.63, 3.8) is 0 Å². The zero-order chi connectivity index (χ0) is 22.2. The van der Waals surface area contributed by atoms with Gasteiger partial charge in [-0.2, -0.15) is 0 Å². The van der Waals surface area contributed by atoms with Crippen molar-refractivity contribution in [2.24, 2.45) is 0 Å². The van der Waals surface area contributed by atoms with Crippen LogP contribution in [0, 0.1) is 0 Å². The topological polar surface area (TPSA) is 49.9 Å². The van der Waals surface area contributed by atoms with E-state index in [-0.39, 0.29) is 11.8 Å². The van der Waals surface area contributed by atoms with Gasteiger partial charge in [0.25, 0.3) is 11.8 Å². The average molecular weight is 459 g/mol. The molecule has 2 heterocycles. The molecule has 1 saturated heterocycles. The number of fused-ring (bicyclic) bond motifs is 1. The van der Waals surface area contributed by atoms with E-state index in [1.165, 1.54) is 4.90 Å². The van der Waals surface area contributed by atoms with Gasteiger partial charge >= 0.3 is 0 Å². The summed E-state index contributed by atoms with van der Waals surface area (Å²) in [4.78, 5) is 30.6. The number of rotatable bonds is 4. The van der Waals surface area contributed by atoms with Crippen LogP contribution in [0.2, 0.25) is 0 Å². The molecule has 0 saturated carbocycles. The number of nitrogens with zero attached hydrogens (tertiary/aromatic N) is 2. The number of anilines is 2. The van der Waals surface area contributed by atoms with Crippen molar-refractivity contribution in [1.29, 1.82) is 0 Å². The second-order valence-corrected chi connectivity index (χ2v) is 8.92. The van der Waals surface area contributed by atoms with E-state index in [4.69, 9.17) is 17.0 Å². The Balaban J connectivity index is 1.59. The highest BCUT2D eigenvalue weighted by atomic mass is 32.2. The normalized spacial score (nSPS) is 17.8. The lowest BCUT2D eigenvalue weighted by Crippen LogP contribution is -2.29. The number of thioether (sulfide) groups is 1. The largest absolute Gasteiger partial charge is 0.495 e. The number of hydrogen-bond acceptors (Lipinski definition) is 5. The summed E-state index contributed by atoms with van der Waals surface area (Å²) in [5, 5.41) is 0. The van der Waals surface area contributed by atoms with Crippen LogP contribution in [-0.4, -0.2) is 23.2 Å². The molecule has 0 unspecified atom stereocenters. The molecule has 2 aliphatic rings. The number of benzene rings is 3. The van der Waals surface area contributed by atoms with Gasteiger partial charge in [0.2, 0.25) is 0 Å². The summed E-state index contributed by atoms with van der Waals surface area (Å²) < 4.78 is 5.79. The smallest absolute Gasteiger partial charge is 0.271 e. The molecule has 0 aromatic heterocycles. The van der Waals surface area contributed by atoms with Gasteiger partial charge in [-0.05, 0) is 23.8 Å². The standard InChI is InChI=1S/C25H18N2O3S2/c1-30-20-14-8-7-13-19(20)27-24(29)22(32-25(27)31)21-17-11-5-6-12-18(17)26(23(21)28)15-16-9-3-2-4-10-16/h2-14H,15H2,1H3. The molecule has 3 aromatic rings. The van der Waals surface area contributed by atoms with Crippen molar-refractivity contribution < 1.29 is 14.3 Å². The first kappa shape index (κ1) is 20.5.